The van der Waals surface area contributed by atoms with E-state index in [-0.39, 0.29) is 5.92 Å². The highest BCUT2D eigenvalue weighted by molar-refractivity contribution is 7.92. The summed E-state index contributed by atoms with van der Waals surface area (Å²) in [6.45, 7) is 1.79. The Balaban J connectivity index is 2.87. The Morgan fingerprint density at radius 3 is 2.38 bits per heavy atom. The minimum absolute atomic E-state index is 0.199. The molecule has 1 saturated carbocycles. The summed E-state index contributed by atoms with van der Waals surface area (Å²) >= 11 is 0. The summed E-state index contributed by atoms with van der Waals surface area (Å²) in [7, 11) is -3.12. The van der Waals surface area contributed by atoms with Crippen molar-refractivity contribution in [2.24, 2.45) is 11.1 Å². The zero-order valence-corrected chi connectivity index (χ0v) is 8.71. The number of rotatable bonds is 4. The lowest BCUT2D eigenvalue weighted by Crippen LogP contribution is -2.30. The predicted molar refractivity (Wildman–Crippen MR) is 50.9 cm³/mol. The van der Waals surface area contributed by atoms with Crippen LogP contribution in [0.5, 0.6) is 0 Å². The van der Waals surface area contributed by atoms with Crippen molar-refractivity contribution in [1.82, 2.24) is 0 Å². The summed E-state index contributed by atoms with van der Waals surface area (Å²) in [4.78, 5) is 0. The van der Waals surface area contributed by atoms with Gasteiger partial charge in [0.15, 0.2) is 9.84 Å². The van der Waals surface area contributed by atoms with E-state index in [4.69, 9.17) is 5.21 Å². The lowest BCUT2D eigenvalue weighted by atomic mass is 10.1. The molecular weight excluding hydrogens is 190 g/mol. The Hall–Kier alpha value is -0.580. The highest BCUT2D eigenvalue weighted by Gasteiger charge is 2.37. The monoisotopic (exact) mass is 205 g/mol. The second kappa shape index (κ2) is 3.65. The van der Waals surface area contributed by atoms with Crippen molar-refractivity contribution in [3.63, 3.8) is 0 Å². The quantitative estimate of drug-likeness (QED) is 0.424. The number of sulfone groups is 1. The van der Waals surface area contributed by atoms with Crippen LogP contribution in [0.15, 0.2) is 5.16 Å². The largest absolute Gasteiger partial charge is 0.411 e. The lowest BCUT2D eigenvalue weighted by molar-refractivity contribution is 0.315. The van der Waals surface area contributed by atoms with Crippen LogP contribution in [0, 0.1) is 5.92 Å². The molecule has 1 rings (SSSR count). The van der Waals surface area contributed by atoms with E-state index < -0.39 is 15.1 Å². The number of hydrogen-bond acceptors (Lipinski definition) is 4. The van der Waals surface area contributed by atoms with Crippen LogP contribution >= 0.6 is 0 Å². The van der Waals surface area contributed by atoms with Crippen LogP contribution in [0.4, 0.5) is 0 Å². The Bertz CT molecular complexity index is 303. The fraction of sp³-hybridized carbons (Fsp3) is 0.875. The molecule has 13 heavy (non-hydrogen) atoms. The highest BCUT2D eigenvalue weighted by atomic mass is 32.2. The fourth-order valence-corrected chi connectivity index (χ4v) is 2.80. The molecule has 0 heterocycles. The lowest BCUT2D eigenvalue weighted by Gasteiger charge is -2.13. The van der Waals surface area contributed by atoms with Gasteiger partial charge in [-0.25, -0.2) is 8.42 Å². The van der Waals surface area contributed by atoms with Crippen LogP contribution in [-0.2, 0) is 9.84 Å². The molecule has 76 valence electrons. The molecule has 0 saturated heterocycles. The van der Waals surface area contributed by atoms with Gasteiger partial charge in [0, 0.05) is 12.2 Å². The van der Waals surface area contributed by atoms with Gasteiger partial charge in [0.2, 0.25) is 0 Å². The standard InChI is InChI=1S/C8H15NO3S/c1-3-7(13(2,11)12)8(9-10)6-4-5-6/h6-7,10H,3-5H2,1-2H3/b9-8-/t7-/m1/s1. The van der Waals surface area contributed by atoms with Crippen molar-refractivity contribution >= 4 is 15.5 Å². The van der Waals surface area contributed by atoms with Gasteiger partial charge in [-0.3, -0.25) is 0 Å². The summed E-state index contributed by atoms with van der Waals surface area (Å²) in [6.07, 6.45) is 3.57. The topological polar surface area (TPSA) is 66.7 Å². The van der Waals surface area contributed by atoms with Gasteiger partial charge in [-0.2, -0.15) is 0 Å². The molecule has 0 unspecified atom stereocenters. The molecule has 1 atom stereocenters. The first kappa shape index (κ1) is 10.5. The van der Waals surface area contributed by atoms with Crippen LogP contribution in [0.3, 0.4) is 0 Å². The van der Waals surface area contributed by atoms with Crippen molar-refractivity contribution in [2.75, 3.05) is 6.26 Å². The Kier molecular flexibility index (Phi) is 2.95. The van der Waals surface area contributed by atoms with Gasteiger partial charge in [-0.1, -0.05) is 12.1 Å². The van der Waals surface area contributed by atoms with Crippen molar-refractivity contribution in [3.05, 3.63) is 0 Å². The number of hydrogen-bond donors (Lipinski definition) is 1. The maximum atomic E-state index is 11.3. The normalized spacial score (nSPS) is 21.5. The summed E-state index contributed by atoms with van der Waals surface area (Å²) in [5.41, 5.74) is 0.449. The zero-order valence-electron chi connectivity index (χ0n) is 7.90. The predicted octanol–water partition coefficient (Wildman–Crippen LogP) is 1.05. The molecule has 1 fully saturated rings. The van der Waals surface area contributed by atoms with Crippen molar-refractivity contribution < 1.29 is 13.6 Å². The molecule has 1 N–H and O–H groups in total. The molecular formula is C8H15NO3S. The van der Waals surface area contributed by atoms with Crippen molar-refractivity contribution in [1.29, 1.82) is 0 Å². The smallest absolute Gasteiger partial charge is 0.155 e. The number of oxime groups is 1. The maximum Gasteiger partial charge on any atom is 0.155 e. The maximum absolute atomic E-state index is 11.3. The molecule has 0 radical (unpaired) electrons. The van der Waals surface area contributed by atoms with Gasteiger partial charge in [-0.15, -0.1) is 0 Å². The molecule has 1 aliphatic rings. The molecule has 4 nitrogen and oxygen atoms in total. The molecule has 0 bridgehead atoms. The average Bonchev–Trinajstić information content (AvgIpc) is 2.79. The van der Waals surface area contributed by atoms with E-state index in [9.17, 15) is 8.42 Å². The highest BCUT2D eigenvalue weighted by Crippen LogP contribution is 2.33. The molecule has 5 heteroatoms. The third-order valence-corrected chi connectivity index (χ3v) is 3.94. The molecule has 0 aliphatic heterocycles. The third kappa shape index (κ3) is 2.43. The summed E-state index contributed by atoms with van der Waals surface area (Å²) in [6, 6.07) is 0. The summed E-state index contributed by atoms with van der Waals surface area (Å²) in [5.74, 6) is 0.199. The van der Waals surface area contributed by atoms with E-state index in [0.29, 0.717) is 12.1 Å². The van der Waals surface area contributed by atoms with Crippen LogP contribution in [-0.4, -0.2) is 30.8 Å². The van der Waals surface area contributed by atoms with Crippen molar-refractivity contribution in [2.45, 2.75) is 31.4 Å². The summed E-state index contributed by atoms with van der Waals surface area (Å²) < 4.78 is 22.6. The van der Waals surface area contributed by atoms with Crippen LogP contribution in [0.2, 0.25) is 0 Å². The van der Waals surface area contributed by atoms with Gasteiger partial charge >= 0.3 is 0 Å². The van der Waals surface area contributed by atoms with Gasteiger partial charge in [-0.05, 0) is 19.3 Å². The van der Waals surface area contributed by atoms with E-state index in [1.807, 2.05) is 0 Å². The molecule has 0 aromatic heterocycles. The molecule has 0 spiro atoms. The Labute approximate surface area is 78.6 Å². The Morgan fingerprint density at radius 1 is 1.62 bits per heavy atom. The van der Waals surface area contributed by atoms with Crippen LogP contribution in [0.1, 0.15) is 26.2 Å². The second-order valence-electron chi connectivity index (χ2n) is 3.53. The minimum Gasteiger partial charge on any atom is -0.411 e. The van der Waals surface area contributed by atoms with Gasteiger partial charge in [0.1, 0.15) is 5.25 Å². The first-order valence-corrected chi connectivity index (χ1v) is 6.36. The van der Waals surface area contributed by atoms with E-state index in [1.54, 1.807) is 6.92 Å². The molecule has 0 amide bonds. The molecule has 0 aromatic carbocycles. The third-order valence-electron chi connectivity index (χ3n) is 2.33. The van der Waals surface area contributed by atoms with Crippen LogP contribution in [0.25, 0.3) is 0 Å². The second-order valence-corrected chi connectivity index (χ2v) is 5.75. The number of nitrogens with zero attached hydrogens (tertiary/aromatic N) is 1. The van der Waals surface area contributed by atoms with Gasteiger partial charge in [0.05, 0.1) is 5.71 Å². The van der Waals surface area contributed by atoms with Gasteiger partial charge < -0.3 is 5.21 Å². The minimum atomic E-state index is -3.12. The van der Waals surface area contributed by atoms with E-state index in [2.05, 4.69) is 5.16 Å². The average molecular weight is 205 g/mol. The van der Waals surface area contributed by atoms with Gasteiger partial charge in [0.25, 0.3) is 0 Å². The van der Waals surface area contributed by atoms with E-state index >= 15 is 0 Å². The molecule has 0 aromatic rings. The van der Waals surface area contributed by atoms with Crippen molar-refractivity contribution in [3.8, 4) is 0 Å². The SMILES string of the molecule is CC[C@H](/C(=N\O)C1CC1)S(C)(=O)=O. The zero-order chi connectivity index (χ0) is 10.1. The summed E-state index contributed by atoms with van der Waals surface area (Å²) in [5, 5.41) is 11.3. The van der Waals surface area contributed by atoms with E-state index in [1.165, 1.54) is 6.26 Å². The fourth-order valence-electron chi connectivity index (χ4n) is 1.52. The first-order valence-electron chi connectivity index (χ1n) is 4.41. The van der Waals surface area contributed by atoms with Crippen LogP contribution < -0.4 is 0 Å². The van der Waals surface area contributed by atoms with E-state index in [0.717, 1.165) is 12.8 Å². The Morgan fingerprint density at radius 2 is 2.15 bits per heavy atom. The first-order chi connectivity index (χ1) is 6.00. The molecule has 1 aliphatic carbocycles.